The number of primary amides is 1. The minimum atomic E-state index is -0.331. The molecule has 0 atom stereocenters. The summed E-state index contributed by atoms with van der Waals surface area (Å²) in [6, 6.07) is 7.95. The van der Waals surface area contributed by atoms with E-state index in [1.165, 1.54) is 0 Å². The van der Waals surface area contributed by atoms with Gasteiger partial charge in [-0.1, -0.05) is 18.2 Å². The highest BCUT2D eigenvalue weighted by atomic mass is 16.1. The molecular weight excluding hydrogens is 190 g/mol. The van der Waals surface area contributed by atoms with Crippen LogP contribution in [0.1, 0.15) is 0 Å². The fourth-order valence-corrected chi connectivity index (χ4v) is 1.69. The maximum absolute atomic E-state index is 10.8. The highest BCUT2D eigenvalue weighted by molar-refractivity contribution is 5.94. The molecule has 4 nitrogen and oxygen atoms in total. The van der Waals surface area contributed by atoms with Gasteiger partial charge in [-0.3, -0.25) is 4.79 Å². The summed E-state index contributed by atoms with van der Waals surface area (Å²) in [4.78, 5) is 15.8. The third-order valence-corrected chi connectivity index (χ3v) is 2.37. The van der Waals surface area contributed by atoms with Crippen LogP contribution in [0.25, 0.3) is 10.9 Å². The van der Waals surface area contributed by atoms with Gasteiger partial charge in [0.1, 0.15) is 0 Å². The number of likely N-dealkylation sites (N-methyl/N-ethyl adjacent to an activating group) is 1. The van der Waals surface area contributed by atoms with Gasteiger partial charge in [0, 0.05) is 24.1 Å². The van der Waals surface area contributed by atoms with Crippen molar-refractivity contribution in [2.24, 2.45) is 5.73 Å². The Bertz CT molecular complexity index is 489. The lowest BCUT2D eigenvalue weighted by Crippen LogP contribution is -2.30. The number of para-hydroxylation sites is 1. The molecule has 0 saturated carbocycles. The summed E-state index contributed by atoms with van der Waals surface area (Å²) in [7, 11) is 1.85. The molecule has 1 heterocycles. The standard InChI is InChI=1S/C11H13N3O/c1-14(7-11(12)15)10-6-13-9-5-3-2-4-8(9)10/h2-6,13H,7H2,1H3,(H2,12,15). The van der Waals surface area contributed by atoms with Crippen LogP contribution >= 0.6 is 0 Å². The molecule has 4 heteroatoms. The van der Waals surface area contributed by atoms with Crippen molar-refractivity contribution in [1.29, 1.82) is 0 Å². The second-order valence-electron chi connectivity index (χ2n) is 3.54. The van der Waals surface area contributed by atoms with Crippen LogP contribution in [0.5, 0.6) is 0 Å². The van der Waals surface area contributed by atoms with E-state index < -0.39 is 0 Å². The molecular formula is C11H13N3O. The van der Waals surface area contributed by atoms with Crippen molar-refractivity contribution in [3.8, 4) is 0 Å². The van der Waals surface area contributed by atoms with Gasteiger partial charge in [0.2, 0.25) is 5.91 Å². The number of carbonyl (C=O) groups is 1. The molecule has 1 amide bonds. The SMILES string of the molecule is CN(CC(N)=O)c1c[nH]c2ccccc12. The number of amides is 1. The van der Waals surface area contributed by atoms with E-state index in [1.54, 1.807) is 0 Å². The Hall–Kier alpha value is -1.97. The van der Waals surface area contributed by atoms with Crippen molar-refractivity contribution in [2.45, 2.75) is 0 Å². The van der Waals surface area contributed by atoms with Gasteiger partial charge in [-0.2, -0.15) is 0 Å². The quantitative estimate of drug-likeness (QED) is 0.784. The van der Waals surface area contributed by atoms with Gasteiger partial charge in [-0.25, -0.2) is 0 Å². The molecule has 0 spiro atoms. The molecule has 0 unspecified atom stereocenters. The number of nitrogens with zero attached hydrogens (tertiary/aromatic N) is 1. The molecule has 2 rings (SSSR count). The van der Waals surface area contributed by atoms with Crippen molar-refractivity contribution >= 4 is 22.5 Å². The lowest BCUT2D eigenvalue weighted by atomic mass is 10.2. The van der Waals surface area contributed by atoms with Crippen LogP contribution in [0.2, 0.25) is 0 Å². The third kappa shape index (κ3) is 1.79. The van der Waals surface area contributed by atoms with Crippen molar-refractivity contribution in [3.63, 3.8) is 0 Å². The van der Waals surface area contributed by atoms with E-state index in [9.17, 15) is 4.79 Å². The Morgan fingerprint density at radius 2 is 2.20 bits per heavy atom. The van der Waals surface area contributed by atoms with Crippen molar-refractivity contribution in [1.82, 2.24) is 4.98 Å². The number of aromatic amines is 1. The maximum atomic E-state index is 10.8. The largest absolute Gasteiger partial charge is 0.368 e. The second-order valence-corrected chi connectivity index (χ2v) is 3.54. The minimum Gasteiger partial charge on any atom is -0.368 e. The smallest absolute Gasteiger partial charge is 0.236 e. The highest BCUT2D eigenvalue weighted by Gasteiger charge is 2.08. The first-order valence-electron chi connectivity index (χ1n) is 4.74. The second kappa shape index (κ2) is 3.65. The van der Waals surface area contributed by atoms with Crippen LogP contribution in [0, 0.1) is 0 Å². The van der Waals surface area contributed by atoms with Gasteiger partial charge in [0.05, 0.1) is 12.2 Å². The monoisotopic (exact) mass is 203 g/mol. The molecule has 1 aromatic carbocycles. The molecule has 0 bridgehead atoms. The van der Waals surface area contributed by atoms with E-state index >= 15 is 0 Å². The Balaban J connectivity index is 2.39. The highest BCUT2D eigenvalue weighted by Crippen LogP contribution is 2.24. The van der Waals surface area contributed by atoms with Gasteiger partial charge in [0.25, 0.3) is 0 Å². The van der Waals surface area contributed by atoms with Crippen LogP contribution in [0.3, 0.4) is 0 Å². The van der Waals surface area contributed by atoms with E-state index in [2.05, 4.69) is 4.98 Å². The summed E-state index contributed by atoms with van der Waals surface area (Å²) >= 11 is 0. The molecule has 15 heavy (non-hydrogen) atoms. The Morgan fingerprint density at radius 1 is 1.47 bits per heavy atom. The lowest BCUT2D eigenvalue weighted by Gasteiger charge is -2.15. The molecule has 0 aliphatic carbocycles. The molecule has 78 valence electrons. The van der Waals surface area contributed by atoms with Crippen LogP contribution < -0.4 is 10.6 Å². The zero-order valence-corrected chi connectivity index (χ0v) is 8.53. The fourth-order valence-electron chi connectivity index (χ4n) is 1.69. The molecule has 0 radical (unpaired) electrons. The van der Waals surface area contributed by atoms with E-state index in [0.29, 0.717) is 0 Å². The van der Waals surface area contributed by atoms with Crippen LogP contribution in [0.4, 0.5) is 5.69 Å². The molecule has 1 aromatic heterocycles. The number of rotatable bonds is 3. The van der Waals surface area contributed by atoms with Crippen LogP contribution in [-0.4, -0.2) is 24.5 Å². The van der Waals surface area contributed by atoms with Gasteiger partial charge >= 0.3 is 0 Å². The number of H-pyrrole nitrogens is 1. The van der Waals surface area contributed by atoms with E-state index in [1.807, 2.05) is 42.4 Å². The van der Waals surface area contributed by atoms with E-state index in [-0.39, 0.29) is 12.5 Å². The number of nitrogens with two attached hydrogens (primary N) is 1. The molecule has 0 fully saturated rings. The van der Waals surface area contributed by atoms with Crippen molar-refractivity contribution in [3.05, 3.63) is 30.5 Å². The number of nitrogens with one attached hydrogen (secondary N) is 1. The third-order valence-electron chi connectivity index (χ3n) is 2.37. The van der Waals surface area contributed by atoms with E-state index in [0.717, 1.165) is 16.6 Å². The first-order chi connectivity index (χ1) is 7.18. The normalized spacial score (nSPS) is 10.5. The first kappa shape index (κ1) is 9.58. The molecule has 0 aliphatic rings. The molecule has 0 saturated heterocycles. The van der Waals surface area contributed by atoms with Crippen molar-refractivity contribution < 1.29 is 4.79 Å². The van der Waals surface area contributed by atoms with Crippen LogP contribution in [-0.2, 0) is 4.79 Å². The van der Waals surface area contributed by atoms with Gasteiger partial charge < -0.3 is 15.6 Å². The number of anilines is 1. The Morgan fingerprint density at radius 3 is 2.93 bits per heavy atom. The zero-order chi connectivity index (χ0) is 10.8. The first-order valence-corrected chi connectivity index (χ1v) is 4.74. The van der Waals surface area contributed by atoms with Gasteiger partial charge in [-0.05, 0) is 6.07 Å². The Labute approximate surface area is 87.7 Å². The average Bonchev–Trinajstić information content (AvgIpc) is 2.59. The topological polar surface area (TPSA) is 62.1 Å². The van der Waals surface area contributed by atoms with E-state index in [4.69, 9.17) is 5.73 Å². The lowest BCUT2D eigenvalue weighted by molar-refractivity contribution is -0.116. The number of hydrogen-bond acceptors (Lipinski definition) is 2. The minimum absolute atomic E-state index is 0.224. The maximum Gasteiger partial charge on any atom is 0.236 e. The summed E-state index contributed by atoms with van der Waals surface area (Å²) in [5.41, 5.74) is 7.20. The molecule has 3 N–H and O–H groups in total. The molecule has 2 aromatic rings. The van der Waals surface area contributed by atoms with Crippen LogP contribution in [0.15, 0.2) is 30.5 Å². The summed E-state index contributed by atoms with van der Waals surface area (Å²) in [6.45, 7) is 0.224. The number of hydrogen-bond donors (Lipinski definition) is 2. The number of benzene rings is 1. The summed E-state index contributed by atoms with van der Waals surface area (Å²) < 4.78 is 0. The predicted octanol–water partition coefficient (Wildman–Crippen LogP) is 1.09. The van der Waals surface area contributed by atoms with Gasteiger partial charge in [-0.15, -0.1) is 0 Å². The Kier molecular flexibility index (Phi) is 2.33. The van der Waals surface area contributed by atoms with Gasteiger partial charge in [0.15, 0.2) is 0 Å². The number of carbonyl (C=O) groups excluding carboxylic acids is 1. The summed E-state index contributed by atoms with van der Waals surface area (Å²) in [5, 5.41) is 1.10. The number of aromatic nitrogens is 1. The summed E-state index contributed by atoms with van der Waals surface area (Å²) in [6.07, 6.45) is 1.88. The summed E-state index contributed by atoms with van der Waals surface area (Å²) in [5.74, 6) is -0.331. The van der Waals surface area contributed by atoms with Crippen molar-refractivity contribution in [2.75, 3.05) is 18.5 Å². The molecule has 0 aliphatic heterocycles. The zero-order valence-electron chi connectivity index (χ0n) is 8.53. The number of fused-ring (bicyclic) bond motifs is 1. The average molecular weight is 203 g/mol. The fraction of sp³-hybridized carbons (Fsp3) is 0.182. The predicted molar refractivity (Wildman–Crippen MR) is 60.8 cm³/mol.